The summed E-state index contributed by atoms with van der Waals surface area (Å²) >= 11 is 1.60. The van der Waals surface area contributed by atoms with Gasteiger partial charge in [-0.3, -0.25) is 9.10 Å². The van der Waals surface area contributed by atoms with Crippen LogP contribution in [-0.2, 0) is 10.0 Å². The molecule has 0 spiro atoms. The number of nitrogens with one attached hydrogen (secondary N) is 1. The van der Waals surface area contributed by atoms with E-state index in [1.165, 1.54) is 4.31 Å². The van der Waals surface area contributed by atoms with Crippen LogP contribution in [0.25, 0.3) is 0 Å². The van der Waals surface area contributed by atoms with Crippen molar-refractivity contribution in [2.45, 2.75) is 11.8 Å². The van der Waals surface area contributed by atoms with Crippen LogP contribution in [0.15, 0.2) is 53.4 Å². The number of hydrogen-bond donors (Lipinski definition) is 1. The molecule has 2 aromatic rings. The first-order chi connectivity index (χ1) is 11.3. The molecule has 1 N–H and O–H groups in total. The summed E-state index contributed by atoms with van der Waals surface area (Å²) in [6.07, 6.45) is 3.14. The summed E-state index contributed by atoms with van der Waals surface area (Å²) < 4.78 is 24.7. The average molecular weight is 364 g/mol. The van der Waals surface area contributed by atoms with Crippen molar-refractivity contribution >= 4 is 39.1 Å². The normalized spacial score (nSPS) is 11.1. The number of thioether (sulfide) groups is 1. The Balaban J connectivity index is 2.16. The highest BCUT2D eigenvalue weighted by molar-refractivity contribution is 7.98. The van der Waals surface area contributed by atoms with Crippen LogP contribution < -0.4 is 9.62 Å². The number of carbonyl (C=O) groups is 1. The highest BCUT2D eigenvalue weighted by atomic mass is 32.2. The van der Waals surface area contributed by atoms with E-state index >= 15 is 0 Å². The van der Waals surface area contributed by atoms with E-state index in [1.807, 2.05) is 30.5 Å². The molecule has 128 valence electrons. The van der Waals surface area contributed by atoms with Gasteiger partial charge in [-0.25, -0.2) is 8.42 Å². The van der Waals surface area contributed by atoms with Gasteiger partial charge in [0.1, 0.15) is 0 Å². The average Bonchev–Trinajstić information content (AvgIpc) is 2.55. The zero-order valence-corrected chi connectivity index (χ0v) is 15.4. The Morgan fingerprint density at radius 2 is 1.83 bits per heavy atom. The van der Waals surface area contributed by atoms with Crippen molar-refractivity contribution in [1.29, 1.82) is 0 Å². The SMILES string of the molecule is CCN(c1ccc(C(=O)Nc2cccc(SC)c2)cc1)S(C)(=O)=O. The third-order valence-corrected chi connectivity index (χ3v) is 5.43. The van der Waals surface area contributed by atoms with Crippen LogP contribution in [0.4, 0.5) is 11.4 Å². The first-order valence-electron chi connectivity index (χ1n) is 7.38. The number of carbonyl (C=O) groups excluding carboxylic acids is 1. The fourth-order valence-corrected chi connectivity index (χ4v) is 3.72. The fraction of sp³-hybridized carbons (Fsp3) is 0.235. The van der Waals surface area contributed by atoms with E-state index in [9.17, 15) is 13.2 Å². The number of benzene rings is 2. The summed E-state index contributed by atoms with van der Waals surface area (Å²) in [5, 5.41) is 2.84. The Kier molecular flexibility index (Phi) is 5.90. The number of sulfonamides is 1. The Hall–Kier alpha value is -1.99. The summed E-state index contributed by atoms with van der Waals surface area (Å²) in [6, 6.07) is 14.1. The van der Waals surface area contributed by atoms with Crippen molar-refractivity contribution in [3.8, 4) is 0 Å². The van der Waals surface area contributed by atoms with Crippen LogP contribution in [-0.4, -0.2) is 33.4 Å². The topological polar surface area (TPSA) is 66.5 Å². The van der Waals surface area contributed by atoms with E-state index in [0.29, 0.717) is 17.8 Å². The molecule has 0 fully saturated rings. The van der Waals surface area contributed by atoms with Crippen molar-refractivity contribution in [1.82, 2.24) is 0 Å². The molecular formula is C17H20N2O3S2. The van der Waals surface area contributed by atoms with Crippen molar-refractivity contribution < 1.29 is 13.2 Å². The number of rotatable bonds is 6. The summed E-state index contributed by atoms with van der Waals surface area (Å²) in [5.41, 5.74) is 1.74. The van der Waals surface area contributed by atoms with E-state index in [-0.39, 0.29) is 5.91 Å². The second kappa shape index (κ2) is 7.72. The lowest BCUT2D eigenvalue weighted by atomic mass is 10.2. The first-order valence-corrected chi connectivity index (χ1v) is 10.5. The Morgan fingerprint density at radius 3 is 2.38 bits per heavy atom. The zero-order valence-electron chi connectivity index (χ0n) is 13.8. The van der Waals surface area contributed by atoms with Gasteiger partial charge in [-0.2, -0.15) is 0 Å². The lowest BCUT2D eigenvalue weighted by Gasteiger charge is -2.20. The number of amides is 1. The maximum Gasteiger partial charge on any atom is 0.255 e. The Labute approximate surface area is 147 Å². The number of nitrogens with zero attached hydrogens (tertiary/aromatic N) is 1. The molecule has 0 saturated heterocycles. The molecule has 0 saturated carbocycles. The Morgan fingerprint density at radius 1 is 1.17 bits per heavy atom. The van der Waals surface area contributed by atoms with E-state index in [2.05, 4.69) is 5.32 Å². The molecule has 0 radical (unpaired) electrons. The largest absolute Gasteiger partial charge is 0.322 e. The monoisotopic (exact) mass is 364 g/mol. The first kappa shape index (κ1) is 18.4. The van der Waals surface area contributed by atoms with Gasteiger partial charge in [0, 0.05) is 22.7 Å². The third kappa shape index (κ3) is 4.52. The summed E-state index contributed by atoms with van der Waals surface area (Å²) in [7, 11) is -3.33. The van der Waals surface area contributed by atoms with Crippen LogP contribution in [0.1, 0.15) is 17.3 Å². The smallest absolute Gasteiger partial charge is 0.255 e. The highest BCUT2D eigenvalue weighted by Crippen LogP contribution is 2.21. The molecular weight excluding hydrogens is 344 g/mol. The van der Waals surface area contributed by atoms with Gasteiger partial charge >= 0.3 is 0 Å². The molecule has 0 aliphatic heterocycles. The van der Waals surface area contributed by atoms with Gasteiger partial charge in [0.2, 0.25) is 10.0 Å². The maximum absolute atomic E-state index is 12.3. The molecule has 2 rings (SSSR count). The third-order valence-electron chi connectivity index (χ3n) is 3.43. The van der Waals surface area contributed by atoms with E-state index in [1.54, 1.807) is 43.0 Å². The van der Waals surface area contributed by atoms with E-state index in [4.69, 9.17) is 0 Å². The van der Waals surface area contributed by atoms with Gasteiger partial charge in [0.25, 0.3) is 5.91 Å². The lowest BCUT2D eigenvalue weighted by Crippen LogP contribution is -2.29. The minimum atomic E-state index is -3.33. The fourth-order valence-electron chi connectivity index (χ4n) is 2.29. The molecule has 0 heterocycles. The van der Waals surface area contributed by atoms with Gasteiger partial charge in [0.05, 0.1) is 11.9 Å². The van der Waals surface area contributed by atoms with Crippen molar-refractivity contribution in [2.24, 2.45) is 0 Å². The molecule has 0 aliphatic carbocycles. The summed E-state index contributed by atoms with van der Waals surface area (Å²) in [6.45, 7) is 2.10. The van der Waals surface area contributed by atoms with Crippen LogP contribution in [0, 0.1) is 0 Å². The minimum Gasteiger partial charge on any atom is -0.322 e. The second-order valence-electron chi connectivity index (χ2n) is 5.16. The Bertz CT molecular complexity index is 818. The standard InChI is InChI=1S/C17H20N2O3S2/c1-4-19(24(3,21)22)15-10-8-13(9-11-15)17(20)18-14-6-5-7-16(12-14)23-2/h5-12H,4H2,1-3H3,(H,18,20). The quantitative estimate of drug-likeness (QED) is 0.797. The van der Waals surface area contributed by atoms with Crippen LogP contribution >= 0.6 is 11.8 Å². The zero-order chi connectivity index (χ0) is 17.7. The van der Waals surface area contributed by atoms with E-state index < -0.39 is 10.0 Å². The summed E-state index contributed by atoms with van der Waals surface area (Å²) in [5.74, 6) is -0.234. The van der Waals surface area contributed by atoms with Gasteiger partial charge in [-0.15, -0.1) is 11.8 Å². The lowest BCUT2D eigenvalue weighted by molar-refractivity contribution is 0.102. The van der Waals surface area contributed by atoms with Crippen molar-refractivity contribution in [2.75, 3.05) is 28.7 Å². The van der Waals surface area contributed by atoms with Crippen LogP contribution in [0.5, 0.6) is 0 Å². The molecule has 7 heteroatoms. The van der Waals surface area contributed by atoms with Gasteiger partial charge in [0.15, 0.2) is 0 Å². The molecule has 1 amide bonds. The molecule has 0 unspecified atom stereocenters. The molecule has 24 heavy (non-hydrogen) atoms. The predicted octanol–water partition coefficient (Wildman–Crippen LogP) is 3.45. The molecule has 0 aromatic heterocycles. The predicted molar refractivity (Wildman–Crippen MR) is 100 cm³/mol. The van der Waals surface area contributed by atoms with Gasteiger partial charge in [-0.1, -0.05) is 6.07 Å². The van der Waals surface area contributed by atoms with Crippen LogP contribution in [0.3, 0.4) is 0 Å². The van der Waals surface area contributed by atoms with Gasteiger partial charge < -0.3 is 5.32 Å². The number of hydrogen-bond acceptors (Lipinski definition) is 4. The second-order valence-corrected chi connectivity index (χ2v) is 7.95. The minimum absolute atomic E-state index is 0.234. The maximum atomic E-state index is 12.3. The molecule has 0 bridgehead atoms. The van der Waals surface area contributed by atoms with E-state index in [0.717, 1.165) is 16.8 Å². The van der Waals surface area contributed by atoms with Gasteiger partial charge in [-0.05, 0) is 55.6 Å². The molecule has 0 aliphatic rings. The molecule has 5 nitrogen and oxygen atoms in total. The number of anilines is 2. The van der Waals surface area contributed by atoms with Crippen LogP contribution in [0.2, 0.25) is 0 Å². The van der Waals surface area contributed by atoms with Crippen molar-refractivity contribution in [3.05, 3.63) is 54.1 Å². The highest BCUT2D eigenvalue weighted by Gasteiger charge is 2.15. The van der Waals surface area contributed by atoms with Crippen molar-refractivity contribution in [3.63, 3.8) is 0 Å². The molecule has 0 atom stereocenters. The summed E-state index contributed by atoms with van der Waals surface area (Å²) in [4.78, 5) is 13.4. The molecule has 2 aromatic carbocycles.